The molecule has 0 aromatic heterocycles. The first-order valence-electron chi connectivity index (χ1n) is 6.98. The predicted octanol–water partition coefficient (Wildman–Crippen LogP) is 3.23. The molecule has 0 fully saturated rings. The molecule has 0 bridgehead atoms. The van der Waals surface area contributed by atoms with Gasteiger partial charge in [0.15, 0.2) is 0 Å². The van der Waals surface area contributed by atoms with E-state index in [0.717, 1.165) is 30.6 Å². The highest BCUT2D eigenvalue weighted by atomic mass is 16.5. The van der Waals surface area contributed by atoms with Crippen LogP contribution in [0.15, 0.2) is 24.3 Å². The molecule has 20 heavy (non-hydrogen) atoms. The van der Waals surface area contributed by atoms with Crippen molar-refractivity contribution in [3.8, 4) is 5.75 Å². The summed E-state index contributed by atoms with van der Waals surface area (Å²) in [5, 5.41) is 8.50. The van der Waals surface area contributed by atoms with Gasteiger partial charge in [0.1, 0.15) is 11.5 Å². The molecular formula is C16H22O4. The van der Waals surface area contributed by atoms with Gasteiger partial charge in [-0.15, -0.1) is 0 Å². The van der Waals surface area contributed by atoms with Gasteiger partial charge in [-0.3, -0.25) is 9.59 Å². The molecular weight excluding hydrogens is 256 g/mol. The highest BCUT2D eigenvalue weighted by molar-refractivity contribution is 5.78. The zero-order valence-corrected chi connectivity index (χ0v) is 11.9. The van der Waals surface area contributed by atoms with Crippen molar-refractivity contribution >= 4 is 11.8 Å². The van der Waals surface area contributed by atoms with Gasteiger partial charge in [0.2, 0.25) is 0 Å². The third-order valence-corrected chi connectivity index (χ3v) is 3.17. The molecule has 1 aromatic carbocycles. The lowest BCUT2D eigenvalue weighted by Crippen LogP contribution is -2.01. The Kier molecular flexibility index (Phi) is 7.40. The van der Waals surface area contributed by atoms with Gasteiger partial charge in [0.25, 0.3) is 0 Å². The highest BCUT2D eigenvalue weighted by Crippen LogP contribution is 2.14. The fourth-order valence-electron chi connectivity index (χ4n) is 2.01. The lowest BCUT2D eigenvalue weighted by atomic mass is 10.0. The number of rotatable bonds is 10. The number of ketones is 1. The number of Topliss-reactive ketones (excluding diaryl/α,β-unsaturated/α-hetero) is 1. The number of carbonyl (C=O) groups is 2. The Morgan fingerprint density at radius 2 is 1.85 bits per heavy atom. The van der Waals surface area contributed by atoms with Crippen LogP contribution in [-0.2, 0) is 16.0 Å². The quantitative estimate of drug-likeness (QED) is 0.667. The van der Waals surface area contributed by atoms with E-state index < -0.39 is 5.97 Å². The summed E-state index contributed by atoms with van der Waals surface area (Å²) in [7, 11) is 1.63. The Bertz CT molecular complexity index is 440. The molecule has 0 amide bonds. The van der Waals surface area contributed by atoms with Gasteiger partial charge in [-0.25, -0.2) is 0 Å². The maximum absolute atomic E-state index is 11.7. The van der Waals surface area contributed by atoms with E-state index in [9.17, 15) is 9.59 Å². The van der Waals surface area contributed by atoms with Gasteiger partial charge in [-0.05, 0) is 37.0 Å². The fourth-order valence-corrected chi connectivity index (χ4v) is 2.01. The Hall–Kier alpha value is -1.84. The van der Waals surface area contributed by atoms with Gasteiger partial charge >= 0.3 is 5.97 Å². The van der Waals surface area contributed by atoms with E-state index in [-0.39, 0.29) is 12.2 Å². The number of methoxy groups -OCH3 is 1. The summed E-state index contributed by atoms with van der Waals surface area (Å²) in [6, 6.07) is 7.74. The van der Waals surface area contributed by atoms with Crippen molar-refractivity contribution in [2.24, 2.45) is 0 Å². The van der Waals surface area contributed by atoms with Crippen LogP contribution in [0.25, 0.3) is 0 Å². The normalized spacial score (nSPS) is 10.2. The lowest BCUT2D eigenvalue weighted by Gasteiger charge is -2.04. The van der Waals surface area contributed by atoms with Gasteiger partial charge in [0.05, 0.1) is 7.11 Å². The standard InChI is InChI=1S/C16H22O4/c1-20-15-8-5-6-13(12-15)10-11-14(17)7-3-2-4-9-16(18)19/h5-6,8,12H,2-4,7,9-11H2,1H3,(H,18,19). The average molecular weight is 278 g/mol. The van der Waals surface area contributed by atoms with E-state index in [1.807, 2.05) is 24.3 Å². The van der Waals surface area contributed by atoms with Gasteiger partial charge in [-0.1, -0.05) is 18.6 Å². The van der Waals surface area contributed by atoms with E-state index in [1.54, 1.807) is 7.11 Å². The summed E-state index contributed by atoms with van der Waals surface area (Å²) in [5.41, 5.74) is 1.10. The first-order valence-corrected chi connectivity index (χ1v) is 6.98. The second-order valence-electron chi connectivity index (χ2n) is 4.84. The molecule has 0 unspecified atom stereocenters. The second-order valence-corrected chi connectivity index (χ2v) is 4.84. The van der Waals surface area contributed by atoms with Crippen molar-refractivity contribution in [3.63, 3.8) is 0 Å². The summed E-state index contributed by atoms with van der Waals surface area (Å²) in [6.07, 6.45) is 4.23. The van der Waals surface area contributed by atoms with Crippen molar-refractivity contribution in [3.05, 3.63) is 29.8 Å². The Balaban J connectivity index is 2.17. The van der Waals surface area contributed by atoms with Crippen LogP contribution in [0, 0.1) is 0 Å². The maximum Gasteiger partial charge on any atom is 0.303 e. The van der Waals surface area contributed by atoms with E-state index in [0.29, 0.717) is 19.3 Å². The van der Waals surface area contributed by atoms with Gasteiger partial charge in [-0.2, -0.15) is 0 Å². The third-order valence-electron chi connectivity index (χ3n) is 3.17. The minimum Gasteiger partial charge on any atom is -0.497 e. The van der Waals surface area contributed by atoms with Crippen LogP contribution in [0.5, 0.6) is 5.75 Å². The highest BCUT2D eigenvalue weighted by Gasteiger charge is 2.04. The summed E-state index contributed by atoms with van der Waals surface area (Å²) in [5.74, 6) is 0.279. The predicted molar refractivity (Wildman–Crippen MR) is 77.0 cm³/mol. The molecule has 110 valence electrons. The molecule has 0 radical (unpaired) electrons. The minimum absolute atomic E-state index is 0.192. The Morgan fingerprint density at radius 1 is 1.10 bits per heavy atom. The number of carbonyl (C=O) groups excluding carboxylic acids is 1. The summed E-state index contributed by atoms with van der Waals surface area (Å²) in [6.45, 7) is 0. The van der Waals surface area contributed by atoms with Gasteiger partial charge in [0, 0.05) is 19.3 Å². The molecule has 0 saturated heterocycles. The van der Waals surface area contributed by atoms with E-state index in [2.05, 4.69) is 0 Å². The van der Waals surface area contributed by atoms with Crippen LogP contribution in [0.3, 0.4) is 0 Å². The number of unbranched alkanes of at least 4 members (excludes halogenated alkanes) is 2. The van der Waals surface area contributed by atoms with E-state index in [4.69, 9.17) is 9.84 Å². The lowest BCUT2D eigenvalue weighted by molar-refractivity contribution is -0.137. The smallest absolute Gasteiger partial charge is 0.303 e. The maximum atomic E-state index is 11.7. The molecule has 0 saturated carbocycles. The number of hydrogen-bond donors (Lipinski definition) is 1. The van der Waals surface area contributed by atoms with Crippen LogP contribution in [0.4, 0.5) is 0 Å². The number of aliphatic carboxylic acids is 1. The van der Waals surface area contributed by atoms with Crippen molar-refractivity contribution in [1.82, 2.24) is 0 Å². The van der Waals surface area contributed by atoms with Crippen LogP contribution in [0.2, 0.25) is 0 Å². The molecule has 4 heteroatoms. The summed E-state index contributed by atoms with van der Waals surface area (Å²) >= 11 is 0. The van der Waals surface area contributed by atoms with E-state index >= 15 is 0 Å². The molecule has 0 aliphatic heterocycles. The SMILES string of the molecule is COc1cccc(CCC(=O)CCCCCC(=O)O)c1. The molecule has 0 aliphatic rings. The summed E-state index contributed by atoms with van der Waals surface area (Å²) < 4.78 is 5.14. The Labute approximate surface area is 119 Å². The van der Waals surface area contributed by atoms with Crippen molar-refractivity contribution in [1.29, 1.82) is 0 Å². The van der Waals surface area contributed by atoms with Crippen molar-refractivity contribution < 1.29 is 19.4 Å². The number of hydrogen-bond acceptors (Lipinski definition) is 3. The Morgan fingerprint density at radius 3 is 2.55 bits per heavy atom. The topological polar surface area (TPSA) is 63.6 Å². The zero-order valence-electron chi connectivity index (χ0n) is 11.9. The summed E-state index contributed by atoms with van der Waals surface area (Å²) in [4.78, 5) is 22.1. The zero-order chi connectivity index (χ0) is 14.8. The van der Waals surface area contributed by atoms with Crippen LogP contribution < -0.4 is 4.74 Å². The molecule has 0 aliphatic carbocycles. The van der Waals surface area contributed by atoms with Crippen molar-refractivity contribution in [2.75, 3.05) is 7.11 Å². The monoisotopic (exact) mass is 278 g/mol. The molecule has 0 spiro atoms. The molecule has 1 rings (SSSR count). The molecule has 1 aromatic rings. The number of ether oxygens (including phenoxy) is 1. The number of carboxylic acid groups (broad SMARTS) is 1. The average Bonchev–Trinajstić information content (AvgIpc) is 2.44. The fraction of sp³-hybridized carbons (Fsp3) is 0.500. The second kappa shape index (κ2) is 9.13. The molecule has 4 nitrogen and oxygen atoms in total. The third kappa shape index (κ3) is 6.92. The number of aryl methyl sites for hydroxylation is 1. The van der Waals surface area contributed by atoms with Crippen LogP contribution in [-0.4, -0.2) is 24.0 Å². The minimum atomic E-state index is -0.769. The first kappa shape index (κ1) is 16.2. The number of carboxylic acids is 1. The van der Waals surface area contributed by atoms with Crippen molar-refractivity contribution in [2.45, 2.75) is 44.9 Å². The largest absolute Gasteiger partial charge is 0.497 e. The van der Waals surface area contributed by atoms with Crippen LogP contribution >= 0.6 is 0 Å². The first-order chi connectivity index (χ1) is 9.61. The molecule has 0 heterocycles. The number of benzene rings is 1. The van der Waals surface area contributed by atoms with Gasteiger partial charge < -0.3 is 9.84 Å². The van der Waals surface area contributed by atoms with E-state index in [1.165, 1.54) is 0 Å². The van der Waals surface area contributed by atoms with Crippen LogP contribution in [0.1, 0.15) is 44.1 Å². The molecule has 1 N–H and O–H groups in total. The molecule has 0 atom stereocenters.